The molecule has 0 aliphatic carbocycles. The summed E-state index contributed by atoms with van der Waals surface area (Å²) in [7, 11) is 0. The van der Waals surface area contributed by atoms with E-state index >= 15 is 0 Å². The molecule has 0 fully saturated rings. The molecule has 7 heteroatoms. The number of aliphatic hydroxyl groups excluding tert-OH is 1. The molecule has 0 spiro atoms. The second-order valence-corrected chi connectivity index (χ2v) is 5.13. The summed E-state index contributed by atoms with van der Waals surface area (Å²) >= 11 is 6.08. The Kier molecular flexibility index (Phi) is 7.28. The second-order valence-electron chi connectivity index (χ2n) is 4.72. The molecule has 0 aliphatic rings. The van der Waals surface area contributed by atoms with Crippen molar-refractivity contribution in [3.63, 3.8) is 0 Å². The van der Waals surface area contributed by atoms with Crippen molar-refractivity contribution in [2.45, 2.75) is 26.1 Å². The molecule has 1 aromatic rings. The number of anilines is 1. The van der Waals surface area contributed by atoms with Crippen LogP contribution in [0.25, 0.3) is 0 Å². The minimum Gasteiger partial charge on any atom is -0.395 e. The highest BCUT2D eigenvalue weighted by molar-refractivity contribution is 6.33. The number of hydrogen-bond donors (Lipinski definition) is 2. The molecule has 0 bridgehead atoms. The van der Waals surface area contributed by atoms with Gasteiger partial charge in [0.2, 0.25) is 0 Å². The molecule has 120 valence electrons. The third kappa shape index (κ3) is 6.54. The van der Waals surface area contributed by atoms with Crippen molar-refractivity contribution in [3.05, 3.63) is 28.8 Å². The first kappa shape index (κ1) is 18.1. The van der Waals surface area contributed by atoms with Crippen LogP contribution < -0.4 is 10.2 Å². The third-order valence-corrected chi connectivity index (χ3v) is 3.15. The topological polar surface area (TPSA) is 35.5 Å². The molecule has 0 saturated heterocycles. The monoisotopic (exact) mass is 324 g/mol. The van der Waals surface area contributed by atoms with E-state index in [1.54, 1.807) is 18.2 Å². The lowest BCUT2D eigenvalue weighted by Crippen LogP contribution is -2.36. The van der Waals surface area contributed by atoms with Crippen LogP contribution >= 0.6 is 11.6 Å². The van der Waals surface area contributed by atoms with E-state index < -0.39 is 12.7 Å². The first-order chi connectivity index (χ1) is 9.87. The minimum absolute atomic E-state index is 0.118. The third-order valence-electron chi connectivity index (χ3n) is 2.85. The van der Waals surface area contributed by atoms with Crippen molar-refractivity contribution in [3.8, 4) is 0 Å². The molecule has 0 aromatic heterocycles. The number of rotatable bonds is 8. The first-order valence-corrected chi connectivity index (χ1v) is 7.17. The highest BCUT2D eigenvalue weighted by atomic mass is 35.5. The number of nitrogens with one attached hydrogen (secondary N) is 1. The lowest BCUT2D eigenvalue weighted by molar-refractivity contribution is -0.119. The van der Waals surface area contributed by atoms with Crippen molar-refractivity contribution < 1.29 is 18.3 Å². The van der Waals surface area contributed by atoms with E-state index in [0.29, 0.717) is 6.54 Å². The number of nitrogens with zero attached hydrogens (tertiary/aromatic N) is 1. The van der Waals surface area contributed by atoms with Crippen molar-refractivity contribution in [2.75, 3.05) is 31.1 Å². The Morgan fingerprint density at radius 1 is 1.33 bits per heavy atom. The van der Waals surface area contributed by atoms with Crippen molar-refractivity contribution in [1.29, 1.82) is 0 Å². The number of alkyl halides is 3. The van der Waals surface area contributed by atoms with Crippen LogP contribution in [0.15, 0.2) is 18.2 Å². The van der Waals surface area contributed by atoms with Crippen molar-refractivity contribution in [1.82, 2.24) is 5.32 Å². The summed E-state index contributed by atoms with van der Waals surface area (Å²) in [5, 5.41) is 12.4. The zero-order valence-corrected chi connectivity index (χ0v) is 12.6. The van der Waals surface area contributed by atoms with Gasteiger partial charge in [0.25, 0.3) is 0 Å². The zero-order valence-electron chi connectivity index (χ0n) is 11.9. The van der Waals surface area contributed by atoms with Crippen LogP contribution in [0.3, 0.4) is 0 Å². The van der Waals surface area contributed by atoms with Crippen LogP contribution in [0.5, 0.6) is 0 Å². The summed E-state index contributed by atoms with van der Waals surface area (Å²) < 4.78 is 37.7. The van der Waals surface area contributed by atoms with Gasteiger partial charge in [0.1, 0.15) is 6.54 Å². The maximum atomic E-state index is 12.6. The van der Waals surface area contributed by atoms with Gasteiger partial charge in [-0.3, -0.25) is 0 Å². The molecule has 3 nitrogen and oxygen atoms in total. The highest BCUT2D eigenvalue weighted by Gasteiger charge is 2.31. The molecule has 2 N–H and O–H groups in total. The highest BCUT2D eigenvalue weighted by Crippen LogP contribution is 2.29. The average Bonchev–Trinajstić information content (AvgIpc) is 2.37. The zero-order chi connectivity index (χ0) is 15.9. The predicted molar refractivity (Wildman–Crippen MR) is 78.8 cm³/mol. The van der Waals surface area contributed by atoms with Gasteiger partial charge in [0.15, 0.2) is 0 Å². The standard InChI is InChI=1S/C14H20ClF3N2O/c1-2-5-19-9-11-3-4-13(12(15)8-11)20(6-7-21)10-14(16,17)18/h3-4,8,19,21H,2,5-7,9-10H2,1H3. The number of aliphatic hydroxyl groups is 1. The molecule has 0 radical (unpaired) electrons. The largest absolute Gasteiger partial charge is 0.405 e. The summed E-state index contributed by atoms with van der Waals surface area (Å²) in [5.41, 5.74) is 1.19. The summed E-state index contributed by atoms with van der Waals surface area (Å²) in [4.78, 5) is 1.03. The van der Waals surface area contributed by atoms with Gasteiger partial charge in [-0.2, -0.15) is 13.2 Å². The molecule has 1 aromatic carbocycles. The van der Waals surface area contributed by atoms with Crippen LogP contribution in [0.2, 0.25) is 5.02 Å². The Labute approximate surface area is 127 Å². The van der Waals surface area contributed by atoms with Crippen LogP contribution in [0.4, 0.5) is 18.9 Å². The van der Waals surface area contributed by atoms with Gasteiger partial charge in [0.05, 0.1) is 17.3 Å². The van der Waals surface area contributed by atoms with Gasteiger partial charge >= 0.3 is 6.18 Å². The summed E-state index contributed by atoms with van der Waals surface area (Å²) in [5.74, 6) is 0. The van der Waals surface area contributed by atoms with E-state index in [1.165, 1.54) is 0 Å². The molecule has 1 rings (SSSR count). The van der Waals surface area contributed by atoms with E-state index in [1.807, 2.05) is 6.92 Å². The maximum Gasteiger partial charge on any atom is 0.405 e. The minimum atomic E-state index is -4.35. The van der Waals surface area contributed by atoms with Crippen LogP contribution in [0, 0.1) is 0 Å². The Hall–Kier alpha value is -0.980. The van der Waals surface area contributed by atoms with Gasteiger partial charge in [0, 0.05) is 13.1 Å². The van der Waals surface area contributed by atoms with Crippen molar-refractivity contribution >= 4 is 17.3 Å². The van der Waals surface area contributed by atoms with E-state index in [0.717, 1.165) is 23.4 Å². The van der Waals surface area contributed by atoms with Crippen LogP contribution in [-0.2, 0) is 6.54 Å². The molecule has 0 saturated carbocycles. The molecule has 0 heterocycles. The fraction of sp³-hybridized carbons (Fsp3) is 0.571. The Bertz CT molecular complexity index is 441. The van der Waals surface area contributed by atoms with Gasteiger partial charge < -0.3 is 15.3 Å². The lowest BCUT2D eigenvalue weighted by atomic mass is 10.2. The Morgan fingerprint density at radius 3 is 2.57 bits per heavy atom. The summed E-state index contributed by atoms with van der Waals surface area (Å²) in [6.45, 7) is 1.91. The quantitative estimate of drug-likeness (QED) is 0.721. The first-order valence-electron chi connectivity index (χ1n) is 6.79. The lowest BCUT2D eigenvalue weighted by Gasteiger charge is -2.26. The Balaban J connectivity index is 2.84. The molecule has 0 unspecified atom stereocenters. The maximum absolute atomic E-state index is 12.6. The molecule has 0 amide bonds. The van der Waals surface area contributed by atoms with Crippen molar-refractivity contribution in [2.24, 2.45) is 0 Å². The normalized spacial score (nSPS) is 11.7. The predicted octanol–water partition coefficient (Wildman–Crippen LogP) is 3.20. The van der Waals surface area contributed by atoms with E-state index in [2.05, 4.69) is 5.32 Å². The van der Waals surface area contributed by atoms with Crippen LogP contribution in [-0.4, -0.2) is 37.5 Å². The van der Waals surface area contributed by atoms with Gasteiger partial charge in [-0.1, -0.05) is 24.6 Å². The smallest absolute Gasteiger partial charge is 0.395 e. The second kappa shape index (κ2) is 8.46. The summed E-state index contributed by atoms with van der Waals surface area (Å²) in [6, 6.07) is 4.96. The molecular weight excluding hydrogens is 305 g/mol. The SMILES string of the molecule is CCCNCc1ccc(N(CCO)CC(F)(F)F)c(Cl)c1. The Morgan fingerprint density at radius 2 is 2.05 bits per heavy atom. The van der Waals surface area contributed by atoms with E-state index in [9.17, 15) is 13.2 Å². The number of hydrogen-bond acceptors (Lipinski definition) is 3. The number of benzene rings is 1. The van der Waals surface area contributed by atoms with Crippen LogP contribution in [0.1, 0.15) is 18.9 Å². The van der Waals surface area contributed by atoms with Gasteiger partial charge in [-0.05, 0) is 30.7 Å². The fourth-order valence-electron chi connectivity index (χ4n) is 1.95. The number of halogens is 4. The fourth-order valence-corrected chi connectivity index (χ4v) is 2.27. The molecular formula is C14H20ClF3N2O. The van der Waals surface area contributed by atoms with Gasteiger partial charge in [-0.15, -0.1) is 0 Å². The molecule has 0 atom stereocenters. The molecule has 0 aliphatic heterocycles. The molecule has 21 heavy (non-hydrogen) atoms. The van der Waals surface area contributed by atoms with Gasteiger partial charge in [-0.25, -0.2) is 0 Å². The summed E-state index contributed by atoms with van der Waals surface area (Å²) in [6.07, 6.45) is -3.35. The van der Waals surface area contributed by atoms with E-state index in [-0.39, 0.29) is 23.9 Å². The van der Waals surface area contributed by atoms with E-state index in [4.69, 9.17) is 16.7 Å². The average molecular weight is 325 g/mol.